The van der Waals surface area contributed by atoms with Crippen LogP contribution in [0, 0.1) is 13.8 Å². The summed E-state index contributed by atoms with van der Waals surface area (Å²) in [6.07, 6.45) is 0. The monoisotopic (exact) mass is 173 g/mol. The van der Waals surface area contributed by atoms with E-state index >= 15 is 0 Å². The molecule has 66 valence electrons. The molecule has 0 aliphatic heterocycles. The summed E-state index contributed by atoms with van der Waals surface area (Å²) in [5.41, 5.74) is 3.13. The number of hydrogen-bond donors (Lipinski definition) is 1. The number of fused-ring (bicyclic) bond motifs is 1. The van der Waals surface area contributed by atoms with Gasteiger partial charge in [-0.1, -0.05) is 12.1 Å². The van der Waals surface area contributed by atoms with Crippen molar-refractivity contribution in [2.24, 2.45) is 0 Å². The lowest BCUT2D eigenvalue weighted by Crippen LogP contribution is -2.05. The minimum Gasteiger partial charge on any atom is -0.322 e. The summed E-state index contributed by atoms with van der Waals surface area (Å²) in [5.74, 6) is 0. The summed E-state index contributed by atoms with van der Waals surface area (Å²) in [4.78, 5) is 14.0. The number of aryl methyl sites for hydroxylation is 2. The standard InChI is InChI=1S/C11H11NO/c1-7-4-3-5-9-11(7)8(2)6-10(13)12-9/h3-6H,1-2H3,(H,12,13). The zero-order chi connectivity index (χ0) is 9.42. The van der Waals surface area contributed by atoms with E-state index in [0.29, 0.717) is 0 Å². The van der Waals surface area contributed by atoms with Gasteiger partial charge in [0.1, 0.15) is 0 Å². The van der Waals surface area contributed by atoms with E-state index in [0.717, 1.165) is 16.5 Å². The summed E-state index contributed by atoms with van der Waals surface area (Å²) in [5, 5.41) is 1.15. The van der Waals surface area contributed by atoms with Gasteiger partial charge in [-0.15, -0.1) is 0 Å². The van der Waals surface area contributed by atoms with Crippen molar-refractivity contribution in [3.8, 4) is 0 Å². The maximum absolute atomic E-state index is 11.2. The van der Waals surface area contributed by atoms with Crippen LogP contribution in [-0.4, -0.2) is 4.98 Å². The maximum atomic E-state index is 11.2. The third-order valence-electron chi connectivity index (χ3n) is 2.27. The normalized spacial score (nSPS) is 10.6. The van der Waals surface area contributed by atoms with Crippen LogP contribution in [0.1, 0.15) is 11.1 Å². The predicted octanol–water partition coefficient (Wildman–Crippen LogP) is 2.14. The molecule has 0 spiro atoms. The van der Waals surface area contributed by atoms with Crippen LogP contribution in [0.4, 0.5) is 0 Å². The highest BCUT2D eigenvalue weighted by Crippen LogP contribution is 2.17. The molecule has 2 heteroatoms. The first-order chi connectivity index (χ1) is 6.18. The molecule has 0 radical (unpaired) electrons. The van der Waals surface area contributed by atoms with E-state index in [4.69, 9.17) is 0 Å². The molecule has 2 nitrogen and oxygen atoms in total. The fraction of sp³-hybridized carbons (Fsp3) is 0.182. The average molecular weight is 173 g/mol. The summed E-state index contributed by atoms with van der Waals surface area (Å²) < 4.78 is 0. The molecule has 13 heavy (non-hydrogen) atoms. The molecule has 0 unspecified atom stereocenters. The molecule has 2 aromatic rings. The lowest BCUT2D eigenvalue weighted by molar-refractivity contribution is 1.27. The molecule has 0 aliphatic carbocycles. The van der Waals surface area contributed by atoms with E-state index in [1.54, 1.807) is 6.07 Å². The zero-order valence-electron chi connectivity index (χ0n) is 7.72. The summed E-state index contributed by atoms with van der Waals surface area (Å²) in [6, 6.07) is 7.56. The van der Waals surface area contributed by atoms with Gasteiger partial charge < -0.3 is 4.98 Å². The lowest BCUT2D eigenvalue weighted by Gasteiger charge is -2.03. The van der Waals surface area contributed by atoms with Crippen molar-refractivity contribution in [3.05, 3.63) is 45.7 Å². The smallest absolute Gasteiger partial charge is 0.248 e. The number of benzene rings is 1. The molecule has 0 saturated carbocycles. The third-order valence-corrected chi connectivity index (χ3v) is 2.27. The van der Waals surface area contributed by atoms with Crippen molar-refractivity contribution < 1.29 is 0 Å². The molecular weight excluding hydrogens is 162 g/mol. The minimum absolute atomic E-state index is 0.0319. The first-order valence-electron chi connectivity index (χ1n) is 4.28. The van der Waals surface area contributed by atoms with E-state index in [9.17, 15) is 4.79 Å². The Morgan fingerprint density at radius 1 is 1.15 bits per heavy atom. The fourth-order valence-corrected chi connectivity index (χ4v) is 1.73. The maximum Gasteiger partial charge on any atom is 0.248 e. The quantitative estimate of drug-likeness (QED) is 0.650. The molecule has 0 amide bonds. The number of hydrogen-bond acceptors (Lipinski definition) is 1. The number of aromatic amines is 1. The number of rotatable bonds is 0. The van der Waals surface area contributed by atoms with Crippen LogP contribution >= 0.6 is 0 Å². The second kappa shape index (κ2) is 2.73. The first kappa shape index (κ1) is 8.05. The molecule has 0 fully saturated rings. The Hall–Kier alpha value is -1.57. The van der Waals surface area contributed by atoms with Gasteiger partial charge in [0.25, 0.3) is 0 Å². The van der Waals surface area contributed by atoms with E-state index in [1.807, 2.05) is 32.0 Å². The van der Waals surface area contributed by atoms with Gasteiger partial charge in [0.15, 0.2) is 0 Å². The van der Waals surface area contributed by atoms with Crippen LogP contribution in [-0.2, 0) is 0 Å². The largest absolute Gasteiger partial charge is 0.322 e. The topological polar surface area (TPSA) is 32.9 Å². The molecule has 0 saturated heterocycles. The van der Waals surface area contributed by atoms with Gasteiger partial charge in [-0.2, -0.15) is 0 Å². The Morgan fingerprint density at radius 3 is 2.69 bits per heavy atom. The Kier molecular flexibility index (Phi) is 1.69. The number of H-pyrrole nitrogens is 1. The molecule has 2 rings (SSSR count). The van der Waals surface area contributed by atoms with E-state index in [-0.39, 0.29) is 5.56 Å². The van der Waals surface area contributed by atoms with E-state index < -0.39 is 0 Å². The van der Waals surface area contributed by atoms with Crippen LogP contribution in [0.3, 0.4) is 0 Å². The summed E-state index contributed by atoms with van der Waals surface area (Å²) >= 11 is 0. The van der Waals surface area contributed by atoms with Crippen LogP contribution in [0.5, 0.6) is 0 Å². The highest BCUT2D eigenvalue weighted by atomic mass is 16.1. The molecule has 1 aromatic heterocycles. The van der Waals surface area contributed by atoms with Crippen molar-refractivity contribution in [3.63, 3.8) is 0 Å². The van der Waals surface area contributed by atoms with Gasteiger partial charge in [-0.3, -0.25) is 4.79 Å². The molecule has 0 bridgehead atoms. The van der Waals surface area contributed by atoms with E-state index in [1.165, 1.54) is 5.56 Å². The second-order valence-corrected chi connectivity index (χ2v) is 3.31. The highest BCUT2D eigenvalue weighted by molar-refractivity contribution is 5.84. The van der Waals surface area contributed by atoms with Crippen molar-refractivity contribution in [2.45, 2.75) is 13.8 Å². The molecule has 1 N–H and O–H groups in total. The Labute approximate surface area is 76.2 Å². The van der Waals surface area contributed by atoms with Crippen LogP contribution in [0.25, 0.3) is 10.9 Å². The fourth-order valence-electron chi connectivity index (χ4n) is 1.73. The second-order valence-electron chi connectivity index (χ2n) is 3.31. The molecule has 0 aliphatic rings. The molecule has 1 heterocycles. The van der Waals surface area contributed by atoms with Gasteiger partial charge in [0, 0.05) is 17.0 Å². The van der Waals surface area contributed by atoms with Crippen molar-refractivity contribution in [2.75, 3.05) is 0 Å². The lowest BCUT2D eigenvalue weighted by atomic mass is 10.1. The summed E-state index contributed by atoms with van der Waals surface area (Å²) in [7, 11) is 0. The first-order valence-corrected chi connectivity index (χ1v) is 4.28. The number of pyridine rings is 1. The van der Waals surface area contributed by atoms with Crippen molar-refractivity contribution in [1.82, 2.24) is 4.98 Å². The number of nitrogens with one attached hydrogen (secondary N) is 1. The van der Waals surface area contributed by atoms with Gasteiger partial charge in [-0.25, -0.2) is 0 Å². The molecular formula is C11H11NO. The van der Waals surface area contributed by atoms with Gasteiger partial charge in [0.05, 0.1) is 0 Å². The Morgan fingerprint density at radius 2 is 1.92 bits per heavy atom. The van der Waals surface area contributed by atoms with E-state index in [2.05, 4.69) is 4.98 Å². The van der Waals surface area contributed by atoms with Gasteiger partial charge in [-0.05, 0) is 31.0 Å². The SMILES string of the molecule is Cc1cccc2[nH]c(=O)cc(C)c12. The van der Waals surface area contributed by atoms with Crippen LogP contribution in [0.15, 0.2) is 29.1 Å². The molecule has 0 atom stereocenters. The third kappa shape index (κ3) is 1.24. The zero-order valence-corrected chi connectivity index (χ0v) is 7.72. The minimum atomic E-state index is -0.0319. The van der Waals surface area contributed by atoms with Crippen molar-refractivity contribution >= 4 is 10.9 Å². The summed E-state index contributed by atoms with van der Waals surface area (Å²) in [6.45, 7) is 4.01. The van der Waals surface area contributed by atoms with Gasteiger partial charge in [0.2, 0.25) is 5.56 Å². The predicted molar refractivity (Wildman–Crippen MR) is 54.0 cm³/mol. The highest BCUT2D eigenvalue weighted by Gasteiger charge is 2.00. The number of aromatic nitrogens is 1. The molecule has 1 aromatic carbocycles. The Balaban J connectivity index is 3.03. The van der Waals surface area contributed by atoms with Crippen LogP contribution in [0.2, 0.25) is 0 Å². The average Bonchev–Trinajstić information content (AvgIpc) is 2.02. The van der Waals surface area contributed by atoms with Crippen LogP contribution < -0.4 is 5.56 Å². The van der Waals surface area contributed by atoms with Crippen molar-refractivity contribution in [1.29, 1.82) is 0 Å². The Bertz CT molecular complexity index is 511. The van der Waals surface area contributed by atoms with Gasteiger partial charge >= 0.3 is 0 Å².